The Bertz CT molecular complexity index is 304. The number of nitrogens with zero attached hydrogens (tertiary/aromatic N) is 1. The molecule has 0 bridgehead atoms. The number of rotatable bonds is 2. The maximum atomic E-state index is 11.3. The summed E-state index contributed by atoms with van der Waals surface area (Å²) in [6.07, 6.45) is -0.956. The first kappa shape index (κ1) is 13.2. The summed E-state index contributed by atoms with van der Waals surface area (Å²) in [6, 6.07) is 0. The lowest BCUT2D eigenvalue weighted by Crippen LogP contribution is -2.52. The Balaban J connectivity index is 5.05. The SMILES string of the molecule is CCOC(=O)N(C(C)(C)C)S(N)(=O)=O. The first-order valence-electron chi connectivity index (χ1n) is 4.10. The molecule has 0 heterocycles. The van der Waals surface area contributed by atoms with Crippen LogP contribution in [0, 0.1) is 0 Å². The monoisotopic (exact) mass is 224 g/mol. The average molecular weight is 224 g/mol. The predicted molar refractivity (Wildman–Crippen MR) is 51.7 cm³/mol. The molecule has 0 aliphatic rings. The summed E-state index contributed by atoms with van der Waals surface area (Å²) in [5, 5.41) is 4.89. The van der Waals surface area contributed by atoms with Crippen molar-refractivity contribution in [3.63, 3.8) is 0 Å². The Hall–Kier alpha value is -0.820. The van der Waals surface area contributed by atoms with E-state index in [9.17, 15) is 13.2 Å². The minimum Gasteiger partial charge on any atom is -0.449 e. The zero-order valence-corrected chi connectivity index (χ0v) is 9.59. The molecule has 0 atom stereocenters. The molecule has 84 valence electrons. The van der Waals surface area contributed by atoms with E-state index < -0.39 is 21.8 Å². The number of hydrogen-bond acceptors (Lipinski definition) is 4. The molecule has 0 radical (unpaired) electrons. The van der Waals surface area contributed by atoms with Gasteiger partial charge in [0.15, 0.2) is 0 Å². The number of carbonyl (C=O) groups is 1. The van der Waals surface area contributed by atoms with Crippen LogP contribution in [-0.4, -0.2) is 31.0 Å². The van der Waals surface area contributed by atoms with Crippen LogP contribution in [0.25, 0.3) is 0 Å². The van der Waals surface area contributed by atoms with E-state index >= 15 is 0 Å². The number of nitrogens with two attached hydrogens (primary N) is 1. The summed E-state index contributed by atoms with van der Waals surface area (Å²) in [5.41, 5.74) is -0.931. The van der Waals surface area contributed by atoms with Crippen molar-refractivity contribution >= 4 is 16.3 Å². The van der Waals surface area contributed by atoms with Crippen molar-refractivity contribution in [1.82, 2.24) is 4.31 Å². The minimum atomic E-state index is -4.09. The maximum Gasteiger partial charge on any atom is 0.425 e. The van der Waals surface area contributed by atoms with Crippen LogP contribution in [0.2, 0.25) is 0 Å². The van der Waals surface area contributed by atoms with E-state index in [0.29, 0.717) is 4.31 Å². The Labute approximate surface area is 84.2 Å². The molecule has 1 amide bonds. The Morgan fingerprint density at radius 1 is 1.43 bits per heavy atom. The van der Waals surface area contributed by atoms with Gasteiger partial charge in [0.1, 0.15) is 0 Å². The summed E-state index contributed by atoms with van der Waals surface area (Å²) >= 11 is 0. The molecule has 0 aromatic heterocycles. The molecule has 6 nitrogen and oxygen atoms in total. The zero-order valence-electron chi connectivity index (χ0n) is 8.77. The van der Waals surface area contributed by atoms with Gasteiger partial charge in [-0.3, -0.25) is 0 Å². The number of amides is 1. The lowest BCUT2D eigenvalue weighted by molar-refractivity contribution is 0.110. The van der Waals surface area contributed by atoms with Crippen LogP contribution >= 0.6 is 0 Å². The van der Waals surface area contributed by atoms with Gasteiger partial charge < -0.3 is 4.74 Å². The van der Waals surface area contributed by atoms with E-state index in [4.69, 9.17) is 5.14 Å². The molecule has 0 aliphatic heterocycles. The molecule has 0 saturated heterocycles. The van der Waals surface area contributed by atoms with Gasteiger partial charge in [-0.1, -0.05) is 0 Å². The molecule has 0 fully saturated rings. The van der Waals surface area contributed by atoms with Crippen molar-refractivity contribution in [2.75, 3.05) is 6.61 Å². The molecular weight excluding hydrogens is 208 g/mol. The Kier molecular flexibility index (Phi) is 3.90. The minimum absolute atomic E-state index is 0.0981. The van der Waals surface area contributed by atoms with E-state index in [1.54, 1.807) is 27.7 Å². The number of hydrogen-bond donors (Lipinski definition) is 1. The molecule has 0 spiro atoms. The smallest absolute Gasteiger partial charge is 0.425 e. The quantitative estimate of drug-likeness (QED) is 0.737. The second-order valence-corrected chi connectivity index (χ2v) is 5.07. The van der Waals surface area contributed by atoms with E-state index in [1.807, 2.05) is 0 Å². The first-order chi connectivity index (χ1) is 6.10. The van der Waals surface area contributed by atoms with Gasteiger partial charge in [0.25, 0.3) is 0 Å². The van der Waals surface area contributed by atoms with Crippen LogP contribution in [-0.2, 0) is 14.9 Å². The summed E-state index contributed by atoms with van der Waals surface area (Å²) < 4.78 is 27.3. The fraction of sp³-hybridized carbons (Fsp3) is 0.857. The lowest BCUT2D eigenvalue weighted by atomic mass is 10.1. The molecule has 0 aromatic carbocycles. The largest absolute Gasteiger partial charge is 0.449 e. The average Bonchev–Trinajstić information content (AvgIpc) is 1.78. The third-order valence-electron chi connectivity index (χ3n) is 1.30. The first-order valence-corrected chi connectivity index (χ1v) is 5.61. The highest BCUT2D eigenvalue weighted by Crippen LogP contribution is 2.17. The van der Waals surface area contributed by atoms with Gasteiger partial charge in [0.05, 0.1) is 12.1 Å². The van der Waals surface area contributed by atoms with E-state index in [0.717, 1.165) is 0 Å². The van der Waals surface area contributed by atoms with Crippen LogP contribution in [0.1, 0.15) is 27.7 Å². The van der Waals surface area contributed by atoms with Crippen molar-refractivity contribution in [3.05, 3.63) is 0 Å². The van der Waals surface area contributed by atoms with E-state index in [2.05, 4.69) is 4.74 Å². The fourth-order valence-corrected chi connectivity index (χ4v) is 1.97. The van der Waals surface area contributed by atoms with Crippen molar-refractivity contribution in [3.8, 4) is 0 Å². The highest BCUT2D eigenvalue weighted by atomic mass is 32.2. The Morgan fingerprint density at radius 2 is 1.86 bits per heavy atom. The second-order valence-electron chi connectivity index (χ2n) is 3.68. The van der Waals surface area contributed by atoms with Crippen molar-refractivity contribution in [2.24, 2.45) is 5.14 Å². The highest BCUT2D eigenvalue weighted by Gasteiger charge is 2.36. The third kappa shape index (κ3) is 3.51. The van der Waals surface area contributed by atoms with Gasteiger partial charge in [-0.15, -0.1) is 0 Å². The van der Waals surface area contributed by atoms with E-state index in [1.165, 1.54) is 0 Å². The van der Waals surface area contributed by atoms with Gasteiger partial charge in [-0.25, -0.2) is 9.93 Å². The van der Waals surface area contributed by atoms with Gasteiger partial charge >= 0.3 is 16.3 Å². The van der Waals surface area contributed by atoms with Crippen molar-refractivity contribution in [2.45, 2.75) is 33.2 Å². The molecule has 0 saturated carbocycles. The molecular formula is C7H16N2O4S. The summed E-state index contributed by atoms with van der Waals surface area (Å²) in [5.74, 6) is 0. The second kappa shape index (κ2) is 4.14. The van der Waals surface area contributed by atoms with Gasteiger partial charge in [-0.05, 0) is 27.7 Å². The zero-order chi connectivity index (χ0) is 11.6. The number of ether oxygens (including phenoxy) is 1. The normalized spacial score (nSPS) is 12.4. The molecule has 7 heteroatoms. The topological polar surface area (TPSA) is 89.7 Å². The van der Waals surface area contributed by atoms with Crippen molar-refractivity contribution < 1.29 is 17.9 Å². The van der Waals surface area contributed by atoms with Crippen LogP contribution in [0.15, 0.2) is 0 Å². The lowest BCUT2D eigenvalue weighted by Gasteiger charge is -2.31. The standard InChI is InChI=1S/C7H16N2O4S/c1-5-13-6(10)9(7(2,3)4)14(8,11)12/h5H2,1-4H3,(H2,8,11,12). The fourth-order valence-electron chi connectivity index (χ4n) is 0.942. The molecule has 0 rings (SSSR count). The Morgan fingerprint density at radius 3 is 2.07 bits per heavy atom. The maximum absolute atomic E-state index is 11.3. The predicted octanol–water partition coefficient (Wildman–Crippen LogP) is 0.447. The van der Waals surface area contributed by atoms with Crippen LogP contribution < -0.4 is 5.14 Å². The van der Waals surface area contributed by atoms with Gasteiger partial charge in [0.2, 0.25) is 0 Å². The highest BCUT2D eigenvalue weighted by molar-refractivity contribution is 7.87. The molecule has 0 aliphatic carbocycles. The molecule has 0 aromatic rings. The van der Waals surface area contributed by atoms with Crippen molar-refractivity contribution in [1.29, 1.82) is 0 Å². The molecule has 2 N–H and O–H groups in total. The summed E-state index contributed by atoms with van der Waals surface area (Å²) in [6.45, 7) is 6.33. The summed E-state index contributed by atoms with van der Waals surface area (Å²) in [7, 11) is -4.09. The van der Waals surface area contributed by atoms with Crippen LogP contribution in [0.3, 0.4) is 0 Å². The third-order valence-corrected chi connectivity index (χ3v) is 2.50. The number of carbonyl (C=O) groups excluding carboxylic acids is 1. The van der Waals surface area contributed by atoms with Crippen LogP contribution in [0.4, 0.5) is 4.79 Å². The van der Waals surface area contributed by atoms with Gasteiger partial charge in [-0.2, -0.15) is 12.7 Å². The molecule has 0 unspecified atom stereocenters. The van der Waals surface area contributed by atoms with Gasteiger partial charge in [0, 0.05) is 0 Å². The molecule has 14 heavy (non-hydrogen) atoms. The van der Waals surface area contributed by atoms with E-state index in [-0.39, 0.29) is 6.61 Å². The summed E-state index contributed by atoms with van der Waals surface area (Å²) in [4.78, 5) is 11.3. The van der Waals surface area contributed by atoms with Crippen LogP contribution in [0.5, 0.6) is 0 Å².